The highest BCUT2D eigenvalue weighted by molar-refractivity contribution is 9.10. The van der Waals surface area contributed by atoms with E-state index in [-0.39, 0.29) is 6.04 Å². The summed E-state index contributed by atoms with van der Waals surface area (Å²) in [5, 5.41) is 0.693. The first kappa shape index (κ1) is 10.9. The molecule has 0 aliphatic carbocycles. The van der Waals surface area contributed by atoms with Gasteiger partial charge in [0.2, 0.25) is 0 Å². The summed E-state index contributed by atoms with van der Waals surface area (Å²) < 4.78 is 2.80. The molecule has 5 heteroatoms. The molecule has 3 nitrogen and oxygen atoms in total. The zero-order chi connectivity index (χ0) is 11.0. The van der Waals surface area contributed by atoms with Crippen LogP contribution >= 0.6 is 27.5 Å². The van der Waals surface area contributed by atoms with Gasteiger partial charge in [-0.2, -0.15) is 0 Å². The van der Waals surface area contributed by atoms with E-state index in [1.54, 1.807) is 0 Å². The Hall–Kier alpha value is -0.580. The number of pyridine rings is 1. The number of hydrogen-bond acceptors (Lipinski definition) is 2. The molecule has 2 rings (SSSR count). The molecule has 1 unspecified atom stereocenters. The molecule has 2 heterocycles. The molecule has 0 bridgehead atoms. The van der Waals surface area contributed by atoms with Crippen molar-refractivity contribution in [2.45, 2.75) is 19.4 Å². The van der Waals surface area contributed by atoms with Crippen LogP contribution in [0.1, 0.15) is 12.7 Å². The van der Waals surface area contributed by atoms with Crippen molar-refractivity contribution in [3.8, 4) is 0 Å². The largest absolute Gasteiger partial charge is 0.328 e. The molecule has 15 heavy (non-hydrogen) atoms. The first-order valence-electron chi connectivity index (χ1n) is 4.65. The summed E-state index contributed by atoms with van der Waals surface area (Å²) in [5.74, 6) is 0.925. The lowest BCUT2D eigenvalue weighted by molar-refractivity contribution is 0.699. The number of rotatable bonds is 2. The maximum absolute atomic E-state index is 5.94. The van der Waals surface area contributed by atoms with Crippen molar-refractivity contribution < 1.29 is 0 Å². The Bertz CT molecular complexity index is 493. The van der Waals surface area contributed by atoms with E-state index in [2.05, 4.69) is 20.9 Å². The number of halogens is 2. The molecule has 0 aliphatic rings. The van der Waals surface area contributed by atoms with Crippen LogP contribution in [-0.2, 0) is 6.42 Å². The molecule has 0 saturated heterocycles. The minimum absolute atomic E-state index is 0.0847. The molecule has 2 N–H and O–H groups in total. The predicted octanol–water partition coefficient (Wildman–Crippen LogP) is 2.64. The molecule has 1 atom stereocenters. The average Bonchev–Trinajstić information content (AvgIpc) is 2.42. The third-order valence-corrected chi connectivity index (χ3v) is 2.94. The van der Waals surface area contributed by atoms with Gasteiger partial charge in [0.15, 0.2) is 0 Å². The van der Waals surface area contributed by atoms with Crippen LogP contribution < -0.4 is 5.73 Å². The SMILES string of the molecule is CC(N)Cc1nc(Br)c2ccc(Cl)cn12. The van der Waals surface area contributed by atoms with E-state index in [1.165, 1.54) is 0 Å². The predicted molar refractivity (Wildman–Crippen MR) is 65.3 cm³/mol. The molecule has 2 aromatic rings. The van der Waals surface area contributed by atoms with E-state index in [4.69, 9.17) is 17.3 Å². The molecule has 0 aromatic carbocycles. The summed E-state index contributed by atoms with van der Waals surface area (Å²) >= 11 is 9.36. The van der Waals surface area contributed by atoms with Crippen LogP contribution in [-0.4, -0.2) is 15.4 Å². The highest BCUT2D eigenvalue weighted by Crippen LogP contribution is 2.21. The first-order chi connectivity index (χ1) is 7.08. The number of nitrogens with two attached hydrogens (primary N) is 1. The highest BCUT2D eigenvalue weighted by Gasteiger charge is 2.10. The third kappa shape index (κ3) is 2.17. The van der Waals surface area contributed by atoms with Crippen molar-refractivity contribution in [3.05, 3.63) is 33.8 Å². The lowest BCUT2D eigenvalue weighted by Crippen LogP contribution is -2.19. The molecule has 0 fully saturated rings. The van der Waals surface area contributed by atoms with Crippen molar-refractivity contribution >= 4 is 33.0 Å². The summed E-state index contributed by atoms with van der Waals surface area (Å²) in [5.41, 5.74) is 6.77. The smallest absolute Gasteiger partial charge is 0.132 e. The number of aromatic nitrogens is 2. The van der Waals surface area contributed by atoms with Gasteiger partial charge in [-0.1, -0.05) is 11.6 Å². The van der Waals surface area contributed by atoms with Crippen molar-refractivity contribution in [3.63, 3.8) is 0 Å². The number of imidazole rings is 1. The fourth-order valence-electron chi connectivity index (χ4n) is 1.51. The summed E-state index contributed by atoms with van der Waals surface area (Å²) in [7, 11) is 0. The van der Waals surface area contributed by atoms with Crippen LogP contribution in [0, 0.1) is 0 Å². The van der Waals surface area contributed by atoms with Crippen LogP contribution in [0.5, 0.6) is 0 Å². The number of fused-ring (bicyclic) bond motifs is 1. The molecule has 0 spiro atoms. The van der Waals surface area contributed by atoms with Gasteiger partial charge in [-0.05, 0) is 35.0 Å². The lowest BCUT2D eigenvalue weighted by atomic mass is 10.2. The van der Waals surface area contributed by atoms with Gasteiger partial charge in [0.05, 0.1) is 10.5 Å². The van der Waals surface area contributed by atoms with Gasteiger partial charge in [0.25, 0.3) is 0 Å². The van der Waals surface area contributed by atoms with Crippen LogP contribution in [0.2, 0.25) is 5.02 Å². The maximum Gasteiger partial charge on any atom is 0.132 e. The second-order valence-electron chi connectivity index (χ2n) is 3.60. The van der Waals surface area contributed by atoms with E-state index in [1.807, 2.05) is 29.7 Å². The van der Waals surface area contributed by atoms with Crippen LogP contribution in [0.25, 0.3) is 5.52 Å². The minimum Gasteiger partial charge on any atom is -0.328 e. The third-order valence-electron chi connectivity index (χ3n) is 2.13. The van der Waals surface area contributed by atoms with Crippen molar-refractivity contribution in [2.75, 3.05) is 0 Å². The Morgan fingerprint density at radius 2 is 2.33 bits per heavy atom. The first-order valence-corrected chi connectivity index (χ1v) is 5.82. The fraction of sp³-hybridized carbons (Fsp3) is 0.300. The normalized spacial score (nSPS) is 13.3. The van der Waals surface area contributed by atoms with E-state index in [0.29, 0.717) is 5.02 Å². The number of nitrogens with zero attached hydrogens (tertiary/aromatic N) is 2. The molecule has 0 aliphatic heterocycles. The zero-order valence-electron chi connectivity index (χ0n) is 8.24. The Morgan fingerprint density at radius 3 is 3.00 bits per heavy atom. The van der Waals surface area contributed by atoms with Gasteiger partial charge in [-0.15, -0.1) is 0 Å². The van der Waals surface area contributed by atoms with Crippen molar-refractivity contribution in [2.24, 2.45) is 5.73 Å². The second-order valence-corrected chi connectivity index (χ2v) is 4.79. The Kier molecular flexibility index (Phi) is 3.00. The van der Waals surface area contributed by atoms with E-state index in [0.717, 1.165) is 22.4 Å². The quantitative estimate of drug-likeness (QED) is 0.923. The van der Waals surface area contributed by atoms with E-state index >= 15 is 0 Å². The van der Waals surface area contributed by atoms with Crippen LogP contribution in [0.15, 0.2) is 22.9 Å². The number of hydrogen-bond donors (Lipinski definition) is 1. The Labute approximate surface area is 101 Å². The second kappa shape index (κ2) is 4.12. The fourth-order valence-corrected chi connectivity index (χ4v) is 2.20. The molecule has 2 aromatic heterocycles. The van der Waals surface area contributed by atoms with Gasteiger partial charge in [-0.3, -0.25) is 0 Å². The molecule has 0 amide bonds. The Balaban J connectivity index is 2.59. The molecule has 0 saturated carbocycles. The van der Waals surface area contributed by atoms with Crippen LogP contribution in [0.4, 0.5) is 0 Å². The van der Waals surface area contributed by atoms with Gasteiger partial charge in [0.1, 0.15) is 10.4 Å². The van der Waals surface area contributed by atoms with Gasteiger partial charge in [0, 0.05) is 18.7 Å². The standard InChI is InChI=1S/C10H11BrClN3/c1-6(13)4-9-14-10(11)8-3-2-7(12)5-15(8)9/h2-3,5-6H,4,13H2,1H3. The van der Waals surface area contributed by atoms with Crippen molar-refractivity contribution in [1.82, 2.24) is 9.38 Å². The average molecular weight is 289 g/mol. The molecular formula is C10H11BrClN3. The van der Waals surface area contributed by atoms with Crippen LogP contribution in [0.3, 0.4) is 0 Å². The highest BCUT2D eigenvalue weighted by atomic mass is 79.9. The Morgan fingerprint density at radius 1 is 1.60 bits per heavy atom. The summed E-state index contributed by atoms with van der Waals surface area (Å²) in [4.78, 5) is 4.41. The summed E-state index contributed by atoms with van der Waals surface area (Å²) in [6.45, 7) is 1.96. The monoisotopic (exact) mass is 287 g/mol. The minimum atomic E-state index is 0.0847. The zero-order valence-corrected chi connectivity index (χ0v) is 10.6. The summed E-state index contributed by atoms with van der Waals surface area (Å²) in [6, 6.07) is 3.87. The lowest BCUT2D eigenvalue weighted by Gasteiger charge is -2.04. The van der Waals surface area contributed by atoms with Gasteiger partial charge in [-0.25, -0.2) is 4.98 Å². The molecule has 80 valence electrons. The topological polar surface area (TPSA) is 43.3 Å². The van der Waals surface area contributed by atoms with Crippen molar-refractivity contribution in [1.29, 1.82) is 0 Å². The molecule has 0 radical (unpaired) electrons. The maximum atomic E-state index is 5.94. The van der Waals surface area contributed by atoms with Gasteiger partial charge >= 0.3 is 0 Å². The summed E-state index contributed by atoms with van der Waals surface area (Å²) in [6.07, 6.45) is 2.58. The van der Waals surface area contributed by atoms with E-state index < -0.39 is 0 Å². The molecular weight excluding hydrogens is 277 g/mol. The van der Waals surface area contributed by atoms with E-state index in [9.17, 15) is 0 Å². The van der Waals surface area contributed by atoms with Gasteiger partial charge < -0.3 is 10.1 Å².